The van der Waals surface area contributed by atoms with E-state index in [1.54, 1.807) is 24.0 Å². The van der Waals surface area contributed by atoms with E-state index in [4.69, 9.17) is 0 Å². The minimum absolute atomic E-state index is 0.0408. The number of benzene rings is 2. The van der Waals surface area contributed by atoms with Crippen molar-refractivity contribution in [2.75, 3.05) is 18.4 Å². The fourth-order valence-electron chi connectivity index (χ4n) is 3.20. The highest BCUT2D eigenvalue weighted by Gasteiger charge is 2.34. The van der Waals surface area contributed by atoms with Crippen LogP contribution in [-0.4, -0.2) is 34.7 Å². The Morgan fingerprint density at radius 3 is 2.70 bits per heavy atom. The van der Waals surface area contributed by atoms with Gasteiger partial charge in [0.05, 0.1) is 10.8 Å². The lowest BCUT2D eigenvalue weighted by Gasteiger charge is -2.16. The van der Waals surface area contributed by atoms with Crippen LogP contribution in [0.5, 0.6) is 0 Å². The lowest BCUT2D eigenvalue weighted by atomic mass is 10.1. The van der Waals surface area contributed by atoms with Crippen LogP contribution in [0.3, 0.4) is 0 Å². The van der Waals surface area contributed by atoms with E-state index in [0.717, 1.165) is 12.0 Å². The van der Waals surface area contributed by atoms with E-state index < -0.39 is 10.8 Å². The first-order valence-corrected chi connectivity index (χ1v) is 8.81. The quantitative estimate of drug-likeness (QED) is 0.627. The highest BCUT2D eigenvalue weighted by atomic mass is 16.6. The van der Waals surface area contributed by atoms with E-state index in [9.17, 15) is 19.7 Å². The van der Waals surface area contributed by atoms with Crippen LogP contribution in [0, 0.1) is 23.0 Å². The lowest BCUT2D eigenvalue weighted by Crippen LogP contribution is -2.30. The molecule has 140 valence electrons. The SMILES string of the molecule is Cc1ccc(NC(=O)C2CC(=O)N(CCc3ccccc3)C2)cc1[N+](=O)[O-]. The third kappa shape index (κ3) is 4.49. The molecule has 1 aliphatic heterocycles. The summed E-state index contributed by atoms with van der Waals surface area (Å²) in [5, 5.41) is 13.7. The molecular weight excluding hydrogens is 346 g/mol. The molecule has 1 heterocycles. The Kier molecular flexibility index (Phi) is 5.49. The van der Waals surface area contributed by atoms with Gasteiger partial charge in [0.2, 0.25) is 11.8 Å². The summed E-state index contributed by atoms with van der Waals surface area (Å²) >= 11 is 0. The molecule has 1 saturated heterocycles. The first-order valence-electron chi connectivity index (χ1n) is 8.81. The number of nitro groups is 1. The first kappa shape index (κ1) is 18.6. The second-order valence-corrected chi connectivity index (χ2v) is 6.72. The molecule has 2 amide bonds. The number of carbonyl (C=O) groups is 2. The molecule has 27 heavy (non-hydrogen) atoms. The Hall–Kier alpha value is -3.22. The van der Waals surface area contributed by atoms with Gasteiger partial charge in [0.1, 0.15) is 0 Å². The van der Waals surface area contributed by atoms with Crippen molar-refractivity contribution >= 4 is 23.2 Å². The maximum Gasteiger partial charge on any atom is 0.274 e. The Morgan fingerprint density at radius 1 is 1.26 bits per heavy atom. The molecule has 0 spiro atoms. The number of nitrogens with one attached hydrogen (secondary N) is 1. The molecule has 1 aliphatic rings. The second kappa shape index (κ2) is 7.99. The van der Waals surface area contributed by atoms with Crippen LogP contribution in [0.15, 0.2) is 48.5 Å². The molecule has 3 rings (SSSR count). The molecule has 7 heteroatoms. The number of aryl methyl sites for hydroxylation is 1. The van der Waals surface area contributed by atoms with Crippen molar-refractivity contribution in [3.8, 4) is 0 Å². The molecule has 0 aliphatic carbocycles. The van der Waals surface area contributed by atoms with Crippen molar-refractivity contribution in [1.82, 2.24) is 4.90 Å². The summed E-state index contributed by atoms with van der Waals surface area (Å²) in [6.45, 7) is 2.58. The van der Waals surface area contributed by atoms with Gasteiger partial charge in [-0.2, -0.15) is 0 Å². The van der Waals surface area contributed by atoms with Crippen molar-refractivity contribution in [3.63, 3.8) is 0 Å². The summed E-state index contributed by atoms with van der Waals surface area (Å²) in [5.74, 6) is -0.779. The average Bonchev–Trinajstić information content (AvgIpc) is 3.03. The van der Waals surface area contributed by atoms with Gasteiger partial charge in [0, 0.05) is 36.8 Å². The summed E-state index contributed by atoms with van der Waals surface area (Å²) in [7, 11) is 0. The average molecular weight is 367 g/mol. The van der Waals surface area contributed by atoms with Gasteiger partial charge in [-0.05, 0) is 25.0 Å². The van der Waals surface area contributed by atoms with Gasteiger partial charge in [-0.25, -0.2) is 0 Å². The third-order valence-corrected chi connectivity index (χ3v) is 4.77. The van der Waals surface area contributed by atoms with Crippen LogP contribution in [0.25, 0.3) is 0 Å². The maximum absolute atomic E-state index is 12.5. The van der Waals surface area contributed by atoms with Gasteiger partial charge in [-0.1, -0.05) is 36.4 Å². The number of amides is 2. The molecule has 0 aromatic heterocycles. The molecule has 1 unspecified atom stereocenters. The minimum Gasteiger partial charge on any atom is -0.342 e. The largest absolute Gasteiger partial charge is 0.342 e. The molecule has 2 aromatic carbocycles. The molecule has 2 aromatic rings. The van der Waals surface area contributed by atoms with Crippen molar-refractivity contribution in [3.05, 3.63) is 69.8 Å². The van der Waals surface area contributed by atoms with E-state index in [1.165, 1.54) is 6.07 Å². The number of nitrogens with zero attached hydrogens (tertiary/aromatic N) is 2. The number of nitro benzene ring substituents is 1. The smallest absolute Gasteiger partial charge is 0.274 e. The number of likely N-dealkylation sites (tertiary alicyclic amines) is 1. The fraction of sp³-hybridized carbons (Fsp3) is 0.300. The number of carbonyl (C=O) groups excluding carboxylic acids is 2. The van der Waals surface area contributed by atoms with E-state index in [-0.39, 0.29) is 23.9 Å². The minimum atomic E-state index is -0.477. The molecule has 0 radical (unpaired) electrons. The number of hydrogen-bond donors (Lipinski definition) is 1. The summed E-state index contributed by atoms with van der Waals surface area (Å²) in [6.07, 6.45) is 0.902. The molecule has 7 nitrogen and oxygen atoms in total. The normalized spacial score (nSPS) is 16.4. The zero-order valence-corrected chi connectivity index (χ0v) is 15.1. The Balaban J connectivity index is 1.59. The van der Waals surface area contributed by atoms with Gasteiger partial charge < -0.3 is 10.2 Å². The molecule has 1 N–H and O–H groups in total. The van der Waals surface area contributed by atoms with E-state index in [1.807, 2.05) is 30.3 Å². The highest BCUT2D eigenvalue weighted by molar-refractivity contribution is 5.97. The van der Waals surface area contributed by atoms with Crippen molar-refractivity contribution in [1.29, 1.82) is 0 Å². The fourth-order valence-corrected chi connectivity index (χ4v) is 3.20. The molecule has 0 bridgehead atoms. The van der Waals surface area contributed by atoms with Crippen molar-refractivity contribution in [2.45, 2.75) is 19.8 Å². The van der Waals surface area contributed by atoms with Gasteiger partial charge in [0.25, 0.3) is 5.69 Å². The van der Waals surface area contributed by atoms with Crippen LogP contribution in [0.1, 0.15) is 17.5 Å². The summed E-state index contributed by atoms with van der Waals surface area (Å²) < 4.78 is 0. The van der Waals surface area contributed by atoms with E-state index in [2.05, 4.69) is 5.32 Å². The summed E-state index contributed by atoms with van der Waals surface area (Å²) in [4.78, 5) is 37.0. The highest BCUT2D eigenvalue weighted by Crippen LogP contribution is 2.24. The Bertz CT molecular complexity index is 867. The number of hydrogen-bond acceptors (Lipinski definition) is 4. The van der Waals surface area contributed by atoms with Gasteiger partial charge in [0.15, 0.2) is 0 Å². The standard InChI is InChI=1S/C20H21N3O4/c1-14-7-8-17(12-18(14)23(26)27)21-20(25)16-11-19(24)22(13-16)10-9-15-5-3-2-4-6-15/h2-8,12,16H,9-11,13H2,1H3,(H,21,25). The van der Waals surface area contributed by atoms with Gasteiger partial charge in [-0.15, -0.1) is 0 Å². The molecular formula is C20H21N3O4. The molecule has 0 saturated carbocycles. The van der Waals surface area contributed by atoms with Crippen LogP contribution < -0.4 is 5.32 Å². The summed E-state index contributed by atoms with van der Waals surface area (Å²) in [6, 6.07) is 14.4. The van der Waals surface area contributed by atoms with Crippen LogP contribution in [0.2, 0.25) is 0 Å². The van der Waals surface area contributed by atoms with Crippen molar-refractivity contribution in [2.24, 2.45) is 5.92 Å². The Labute approximate surface area is 157 Å². The predicted octanol–water partition coefficient (Wildman–Crippen LogP) is 2.93. The zero-order chi connectivity index (χ0) is 19.4. The molecule has 1 atom stereocenters. The van der Waals surface area contributed by atoms with E-state index >= 15 is 0 Å². The Morgan fingerprint density at radius 2 is 2.00 bits per heavy atom. The molecule has 1 fully saturated rings. The van der Waals surface area contributed by atoms with Gasteiger partial charge in [-0.3, -0.25) is 19.7 Å². The predicted molar refractivity (Wildman–Crippen MR) is 101 cm³/mol. The van der Waals surface area contributed by atoms with Crippen LogP contribution in [-0.2, 0) is 16.0 Å². The number of anilines is 1. The summed E-state index contributed by atoms with van der Waals surface area (Å²) in [5.41, 5.74) is 2.00. The number of rotatable bonds is 6. The lowest BCUT2D eigenvalue weighted by molar-refractivity contribution is -0.385. The monoisotopic (exact) mass is 367 g/mol. The maximum atomic E-state index is 12.5. The van der Waals surface area contributed by atoms with Crippen LogP contribution in [0.4, 0.5) is 11.4 Å². The van der Waals surface area contributed by atoms with Crippen molar-refractivity contribution < 1.29 is 14.5 Å². The first-order chi connectivity index (χ1) is 12.9. The zero-order valence-electron chi connectivity index (χ0n) is 15.1. The van der Waals surface area contributed by atoms with Crippen LogP contribution >= 0.6 is 0 Å². The van der Waals surface area contributed by atoms with E-state index in [0.29, 0.717) is 24.3 Å². The topological polar surface area (TPSA) is 92.6 Å². The third-order valence-electron chi connectivity index (χ3n) is 4.77. The second-order valence-electron chi connectivity index (χ2n) is 6.72. The van der Waals surface area contributed by atoms with Gasteiger partial charge >= 0.3 is 0 Å².